The molecule has 0 amide bonds. The summed E-state index contributed by atoms with van der Waals surface area (Å²) in [4.78, 5) is 9.36. The SMILES string of the molecule is Cc1cc(Nc2ncn(-c3cc(F)cc(F)c3)n2)cc(N2CCC(N3CCCC3)CC2)c1. The summed E-state index contributed by atoms with van der Waals surface area (Å²) in [7, 11) is 0. The first-order valence-corrected chi connectivity index (χ1v) is 11.3. The molecule has 0 unspecified atom stereocenters. The summed E-state index contributed by atoms with van der Waals surface area (Å²) in [5.41, 5.74) is 3.52. The minimum atomic E-state index is -0.651. The Hall–Kier alpha value is -3.00. The molecule has 0 atom stereocenters. The minimum absolute atomic E-state index is 0.286. The van der Waals surface area contributed by atoms with Gasteiger partial charge in [-0.2, -0.15) is 4.98 Å². The molecule has 1 N–H and O–H groups in total. The van der Waals surface area contributed by atoms with Gasteiger partial charge in [0.2, 0.25) is 5.95 Å². The number of rotatable bonds is 5. The van der Waals surface area contributed by atoms with Crippen LogP contribution >= 0.6 is 0 Å². The molecule has 8 heteroatoms. The maximum absolute atomic E-state index is 13.5. The summed E-state index contributed by atoms with van der Waals surface area (Å²) in [6.45, 7) is 6.70. The highest BCUT2D eigenvalue weighted by atomic mass is 19.1. The number of aromatic nitrogens is 3. The number of likely N-dealkylation sites (tertiary alicyclic amines) is 1. The molecule has 168 valence electrons. The van der Waals surface area contributed by atoms with E-state index in [4.69, 9.17) is 0 Å². The zero-order chi connectivity index (χ0) is 22.1. The van der Waals surface area contributed by atoms with Crippen LogP contribution in [0.1, 0.15) is 31.2 Å². The van der Waals surface area contributed by atoms with E-state index in [1.165, 1.54) is 67.6 Å². The van der Waals surface area contributed by atoms with Crippen LogP contribution in [0.4, 0.5) is 26.1 Å². The third-order valence-electron chi connectivity index (χ3n) is 6.41. The lowest BCUT2D eigenvalue weighted by Gasteiger charge is -2.38. The Morgan fingerprint density at radius 3 is 2.31 bits per heavy atom. The van der Waals surface area contributed by atoms with Gasteiger partial charge >= 0.3 is 0 Å². The number of nitrogens with zero attached hydrogens (tertiary/aromatic N) is 5. The van der Waals surface area contributed by atoms with Crippen molar-refractivity contribution in [3.63, 3.8) is 0 Å². The van der Waals surface area contributed by atoms with E-state index >= 15 is 0 Å². The van der Waals surface area contributed by atoms with Crippen molar-refractivity contribution >= 4 is 17.3 Å². The molecule has 2 aromatic carbocycles. The Labute approximate surface area is 186 Å². The van der Waals surface area contributed by atoms with Crippen LogP contribution < -0.4 is 10.2 Å². The first kappa shape index (κ1) is 20.9. The van der Waals surface area contributed by atoms with Crippen molar-refractivity contribution in [3.8, 4) is 5.69 Å². The molecule has 0 aliphatic carbocycles. The average molecular weight is 439 g/mol. The Bertz CT molecular complexity index is 1060. The van der Waals surface area contributed by atoms with E-state index < -0.39 is 11.6 Å². The first-order chi connectivity index (χ1) is 15.5. The molecule has 32 heavy (non-hydrogen) atoms. The van der Waals surface area contributed by atoms with Gasteiger partial charge in [-0.15, -0.1) is 5.10 Å². The van der Waals surface area contributed by atoms with Gasteiger partial charge in [0.05, 0.1) is 5.69 Å². The van der Waals surface area contributed by atoms with Gasteiger partial charge in [-0.25, -0.2) is 13.5 Å². The molecule has 0 bridgehead atoms. The third-order valence-corrected chi connectivity index (χ3v) is 6.41. The van der Waals surface area contributed by atoms with E-state index in [9.17, 15) is 8.78 Å². The molecule has 0 spiro atoms. The molecule has 2 aliphatic heterocycles. The van der Waals surface area contributed by atoms with Crippen LogP contribution in [-0.4, -0.2) is 51.9 Å². The minimum Gasteiger partial charge on any atom is -0.371 e. The Morgan fingerprint density at radius 2 is 1.59 bits per heavy atom. The second kappa shape index (κ2) is 8.86. The second-order valence-electron chi connectivity index (χ2n) is 8.78. The molecule has 3 aromatic rings. The van der Waals surface area contributed by atoms with E-state index in [1.54, 1.807) is 0 Å². The van der Waals surface area contributed by atoms with E-state index in [-0.39, 0.29) is 5.69 Å². The zero-order valence-corrected chi connectivity index (χ0v) is 18.3. The van der Waals surface area contributed by atoms with Gasteiger partial charge in [0.25, 0.3) is 0 Å². The normalized spacial score (nSPS) is 17.8. The molecule has 0 radical (unpaired) electrons. The van der Waals surface area contributed by atoms with Crippen molar-refractivity contribution in [2.45, 2.75) is 38.6 Å². The summed E-state index contributed by atoms with van der Waals surface area (Å²) >= 11 is 0. The van der Waals surface area contributed by atoms with Crippen molar-refractivity contribution in [2.75, 3.05) is 36.4 Å². The Morgan fingerprint density at radius 1 is 0.875 bits per heavy atom. The number of piperidine rings is 1. The first-order valence-electron chi connectivity index (χ1n) is 11.3. The van der Waals surface area contributed by atoms with E-state index in [0.29, 0.717) is 5.95 Å². The van der Waals surface area contributed by atoms with Gasteiger partial charge in [-0.1, -0.05) is 0 Å². The van der Waals surface area contributed by atoms with Gasteiger partial charge in [0.1, 0.15) is 18.0 Å². The lowest BCUT2D eigenvalue weighted by atomic mass is 10.0. The highest BCUT2D eigenvalue weighted by Crippen LogP contribution is 2.28. The maximum atomic E-state index is 13.5. The predicted molar refractivity (Wildman–Crippen MR) is 122 cm³/mol. The number of halogens is 2. The van der Waals surface area contributed by atoms with Gasteiger partial charge < -0.3 is 15.1 Å². The quantitative estimate of drug-likeness (QED) is 0.628. The highest BCUT2D eigenvalue weighted by molar-refractivity contribution is 5.64. The van der Waals surface area contributed by atoms with Crippen LogP contribution in [0.25, 0.3) is 5.69 Å². The van der Waals surface area contributed by atoms with Crippen molar-refractivity contribution in [2.24, 2.45) is 0 Å². The van der Waals surface area contributed by atoms with Crippen molar-refractivity contribution in [1.82, 2.24) is 19.7 Å². The van der Waals surface area contributed by atoms with Gasteiger partial charge in [-0.3, -0.25) is 0 Å². The number of benzene rings is 2. The van der Waals surface area contributed by atoms with Crippen LogP contribution in [0.5, 0.6) is 0 Å². The molecule has 0 saturated carbocycles. The summed E-state index contributed by atoms with van der Waals surface area (Å²) in [6, 6.07) is 10.4. The zero-order valence-electron chi connectivity index (χ0n) is 18.3. The molecule has 1 aromatic heterocycles. The van der Waals surface area contributed by atoms with Crippen molar-refractivity contribution in [1.29, 1.82) is 0 Å². The average Bonchev–Trinajstić information content (AvgIpc) is 3.45. The van der Waals surface area contributed by atoms with E-state index in [1.807, 2.05) is 6.07 Å². The number of anilines is 3. The molecular formula is C24H28F2N6. The summed E-state index contributed by atoms with van der Waals surface area (Å²) in [6.07, 6.45) is 6.52. The van der Waals surface area contributed by atoms with Crippen LogP contribution in [-0.2, 0) is 0 Å². The van der Waals surface area contributed by atoms with Crippen LogP contribution in [0.3, 0.4) is 0 Å². The second-order valence-corrected chi connectivity index (χ2v) is 8.78. The number of hydrogen-bond acceptors (Lipinski definition) is 5. The highest BCUT2D eigenvalue weighted by Gasteiger charge is 2.26. The topological polar surface area (TPSA) is 49.2 Å². The number of aryl methyl sites for hydroxylation is 1. The fourth-order valence-corrected chi connectivity index (χ4v) is 4.86. The lowest BCUT2D eigenvalue weighted by molar-refractivity contribution is 0.208. The molecule has 3 heterocycles. The standard InChI is InChI=1S/C24H28F2N6/c1-17-10-20(28-24-27-16-32(29-24)23-13-18(25)12-19(26)14-23)15-22(11-17)31-8-4-21(5-9-31)30-6-2-3-7-30/h10-16,21H,2-9H2,1H3,(H,28,29). The van der Waals surface area contributed by atoms with Gasteiger partial charge in [0, 0.05) is 36.6 Å². The molecule has 5 rings (SSSR count). The fourth-order valence-electron chi connectivity index (χ4n) is 4.86. The summed E-state index contributed by atoms with van der Waals surface area (Å²) in [5.74, 6) is -0.928. The van der Waals surface area contributed by atoms with Crippen molar-refractivity contribution in [3.05, 3.63) is 59.9 Å². The molecule has 6 nitrogen and oxygen atoms in total. The summed E-state index contributed by atoms with van der Waals surface area (Å²) in [5, 5.41) is 7.56. The third kappa shape index (κ3) is 4.60. The summed E-state index contributed by atoms with van der Waals surface area (Å²) < 4.78 is 28.4. The monoisotopic (exact) mass is 438 g/mol. The molecule has 2 fully saturated rings. The predicted octanol–water partition coefficient (Wildman–Crippen LogP) is 4.66. The van der Waals surface area contributed by atoms with Crippen LogP contribution in [0.15, 0.2) is 42.7 Å². The lowest BCUT2D eigenvalue weighted by Crippen LogP contribution is -2.43. The molecule has 2 aliphatic rings. The van der Waals surface area contributed by atoms with Crippen molar-refractivity contribution < 1.29 is 8.78 Å². The van der Waals surface area contributed by atoms with E-state index in [0.717, 1.165) is 36.4 Å². The van der Waals surface area contributed by atoms with E-state index in [2.05, 4.69) is 44.3 Å². The number of nitrogens with one attached hydrogen (secondary N) is 1. The Balaban J connectivity index is 1.28. The number of hydrogen-bond donors (Lipinski definition) is 1. The van der Waals surface area contributed by atoms with Crippen LogP contribution in [0.2, 0.25) is 0 Å². The van der Waals surface area contributed by atoms with Gasteiger partial charge in [0.15, 0.2) is 0 Å². The smallest absolute Gasteiger partial charge is 0.246 e. The fraction of sp³-hybridized carbons (Fsp3) is 0.417. The maximum Gasteiger partial charge on any atom is 0.246 e. The van der Waals surface area contributed by atoms with Crippen LogP contribution in [0, 0.1) is 18.6 Å². The molecule has 2 saturated heterocycles. The van der Waals surface area contributed by atoms with Gasteiger partial charge in [-0.05, 0) is 81.6 Å². The largest absolute Gasteiger partial charge is 0.371 e. The molecular weight excluding hydrogens is 410 g/mol. The Kier molecular flexibility index (Phi) is 5.78.